The molecule has 5 nitrogen and oxygen atoms in total. The van der Waals surface area contributed by atoms with Crippen LogP contribution in [-0.2, 0) is 19.1 Å². The van der Waals surface area contributed by atoms with Crippen LogP contribution in [0.5, 0.6) is 0 Å². The number of rotatable bonds is 31. The second kappa shape index (κ2) is 30.4. The van der Waals surface area contributed by atoms with Crippen LogP contribution in [0, 0.1) is 5.92 Å². The molecule has 2 atom stereocenters. The normalized spacial score (nSPS) is 12.9. The standard InChI is InChI=1S/C36H71NO4/c1-6-9-12-15-17-18-20-24-29-34(41-35(38)30-25-21-26-31-37(4)5)32-40-36(39)33(27-22-14-11-8-3)28-23-19-16-13-10-7-2/h33-34H,6-32H2,1-5H3. The highest BCUT2D eigenvalue weighted by Crippen LogP contribution is 2.21. The van der Waals surface area contributed by atoms with Crippen LogP contribution in [0.4, 0.5) is 0 Å². The Morgan fingerprint density at radius 2 is 1.00 bits per heavy atom. The van der Waals surface area contributed by atoms with Crippen LogP contribution in [0.1, 0.15) is 181 Å². The van der Waals surface area contributed by atoms with E-state index in [9.17, 15) is 9.59 Å². The minimum absolute atomic E-state index is 0.0193. The van der Waals surface area contributed by atoms with Gasteiger partial charge in [-0.2, -0.15) is 0 Å². The van der Waals surface area contributed by atoms with Crippen molar-refractivity contribution in [1.29, 1.82) is 0 Å². The lowest BCUT2D eigenvalue weighted by atomic mass is 9.94. The van der Waals surface area contributed by atoms with Crippen molar-refractivity contribution in [2.24, 2.45) is 5.92 Å². The number of hydrogen-bond acceptors (Lipinski definition) is 5. The van der Waals surface area contributed by atoms with Gasteiger partial charge in [-0.1, -0.05) is 136 Å². The second-order valence-electron chi connectivity index (χ2n) is 12.7. The lowest BCUT2D eigenvalue weighted by molar-refractivity contribution is -0.162. The summed E-state index contributed by atoms with van der Waals surface area (Å²) in [5.41, 5.74) is 0. The molecule has 5 heteroatoms. The first-order chi connectivity index (χ1) is 19.9. The predicted octanol–water partition coefficient (Wildman–Crippen LogP) is 10.4. The highest BCUT2D eigenvalue weighted by Gasteiger charge is 2.22. The summed E-state index contributed by atoms with van der Waals surface area (Å²) in [5, 5.41) is 0. The molecule has 0 aliphatic heterocycles. The van der Waals surface area contributed by atoms with E-state index < -0.39 is 0 Å². The summed E-state index contributed by atoms with van der Waals surface area (Å²) in [7, 11) is 4.16. The van der Waals surface area contributed by atoms with Crippen LogP contribution in [-0.4, -0.2) is 50.2 Å². The predicted molar refractivity (Wildman–Crippen MR) is 175 cm³/mol. The van der Waals surface area contributed by atoms with E-state index in [1.165, 1.54) is 89.9 Å². The van der Waals surface area contributed by atoms with Crippen LogP contribution in [0.25, 0.3) is 0 Å². The highest BCUT2D eigenvalue weighted by molar-refractivity contribution is 5.72. The number of unbranched alkanes of at least 4 members (excludes halogenated alkanes) is 17. The fourth-order valence-electron chi connectivity index (χ4n) is 5.46. The van der Waals surface area contributed by atoms with Gasteiger partial charge in [-0.15, -0.1) is 0 Å². The minimum atomic E-state index is -0.317. The molecule has 0 rings (SSSR count). The summed E-state index contributed by atoms with van der Waals surface area (Å²) in [6, 6.07) is 0. The molecule has 244 valence electrons. The zero-order chi connectivity index (χ0) is 30.4. The second-order valence-corrected chi connectivity index (χ2v) is 12.7. The van der Waals surface area contributed by atoms with Crippen LogP contribution in [0.2, 0.25) is 0 Å². The number of nitrogens with zero attached hydrogens (tertiary/aromatic N) is 1. The van der Waals surface area contributed by atoms with Crippen LogP contribution < -0.4 is 0 Å². The first kappa shape index (κ1) is 39.9. The quantitative estimate of drug-likeness (QED) is 0.0602. The Morgan fingerprint density at radius 1 is 0.561 bits per heavy atom. The third kappa shape index (κ3) is 27.5. The summed E-state index contributed by atoms with van der Waals surface area (Å²) in [6.45, 7) is 7.98. The van der Waals surface area contributed by atoms with E-state index in [1.807, 2.05) is 0 Å². The van der Waals surface area contributed by atoms with Gasteiger partial charge in [-0.05, 0) is 59.2 Å². The van der Waals surface area contributed by atoms with Gasteiger partial charge in [-0.25, -0.2) is 0 Å². The smallest absolute Gasteiger partial charge is 0.309 e. The van der Waals surface area contributed by atoms with Gasteiger partial charge >= 0.3 is 11.9 Å². The molecular formula is C36H71NO4. The molecule has 0 amide bonds. The average Bonchev–Trinajstić information content (AvgIpc) is 2.95. The Morgan fingerprint density at radius 3 is 1.51 bits per heavy atom. The zero-order valence-electron chi connectivity index (χ0n) is 28.3. The van der Waals surface area contributed by atoms with E-state index in [0.717, 1.165) is 70.8 Å². The third-order valence-corrected chi connectivity index (χ3v) is 8.22. The molecular weight excluding hydrogens is 510 g/mol. The molecule has 0 aliphatic carbocycles. The van der Waals surface area contributed by atoms with Gasteiger partial charge in [0.25, 0.3) is 0 Å². The lowest BCUT2D eigenvalue weighted by Crippen LogP contribution is -2.28. The molecule has 0 spiro atoms. The molecule has 0 fully saturated rings. The summed E-state index contributed by atoms with van der Waals surface area (Å²) in [6.07, 6.45) is 27.8. The van der Waals surface area contributed by atoms with Crippen molar-refractivity contribution in [2.45, 2.75) is 187 Å². The lowest BCUT2D eigenvalue weighted by Gasteiger charge is -2.21. The fraction of sp³-hybridized carbons (Fsp3) is 0.944. The van der Waals surface area contributed by atoms with Gasteiger partial charge in [-0.3, -0.25) is 9.59 Å². The number of carbonyl (C=O) groups excluding carboxylic acids is 2. The SMILES string of the molecule is CCCCCCCCCCC(COC(=O)C(CCCCCC)CCCCCCCC)OC(=O)CCCCCN(C)C. The maximum absolute atomic E-state index is 13.2. The largest absolute Gasteiger partial charge is 0.462 e. The van der Waals surface area contributed by atoms with Gasteiger partial charge in [0.05, 0.1) is 5.92 Å². The Kier molecular flexibility index (Phi) is 29.5. The third-order valence-electron chi connectivity index (χ3n) is 8.22. The highest BCUT2D eigenvalue weighted by atomic mass is 16.6. The summed E-state index contributed by atoms with van der Waals surface area (Å²) in [4.78, 5) is 28.0. The van der Waals surface area contributed by atoms with Crippen molar-refractivity contribution < 1.29 is 19.1 Å². The first-order valence-corrected chi connectivity index (χ1v) is 17.9. The molecule has 0 bridgehead atoms. The van der Waals surface area contributed by atoms with Gasteiger partial charge in [0.1, 0.15) is 12.7 Å². The van der Waals surface area contributed by atoms with Gasteiger partial charge < -0.3 is 14.4 Å². The molecule has 0 radical (unpaired) electrons. The van der Waals surface area contributed by atoms with E-state index in [4.69, 9.17) is 9.47 Å². The number of hydrogen-bond donors (Lipinski definition) is 0. The van der Waals surface area contributed by atoms with Gasteiger partial charge in [0, 0.05) is 6.42 Å². The monoisotopic (exact) mass is 582 g/mol. The zero-order valence-corrected chi connectivity index (χ0v) is 28.3. The number of ether oxygens (including phenoxy) is 2. The molecule has 2 unspecified atom stereocenters. The van der Waals surface area contributed by atoms with Crippen molar-refractivity contribution in [3.8, 4) is 0 Å². The molecule has 0 saturated heterocycles. The van der Waals surface area contributed by atoms with Crippen LogP contribution in [0.15, 0.2) is 0 Å². The summed E-state index contributed by atoms with van der Waals surface area (Å²) in [5.74, 6) is -0.233. The van der Waals surface area contributed by atoms with Crippen molar-refractivity contribution in [1.82, 2.24) is 4.90 Å². The van der Waals surface area contributed by atoms with Crippen LogP contribution in [0.3, 0.4) is 0 Å². The fourth-order valence-corrected chi connectivity index (χ4v) is 5.46. The molecule has 0 heterocycles. The van der Waals surface area contributed by atoms with Crippen molar-refractivity contribution in [3.05, 3.63) is 0 Å². The minimum Gasteiger partial charge on any atom is -0.462 e. The van der Waals surface area contributed by atoms with Gasteiger partial charge in [0.15, 0.2) is 0 Å². The average molecular weight is 582 g/mol. The molecule has 0 aromatic heterocycles. The molecule has 0 aliphatic rings. The Labute approximate surface area is 256 Å². The maximum atomic E-state index is 13.2. The van der Waals surface area contributed by atoms with Crippen molar-refractivity contribution in [3.63, 3.8) is 0 Å². The van der Waals surface area contributed by atoms with E-state index >= 15 is 0 Å². The first-order valence-electron chi connectivity index (χ1n) is 17.9. The van der Waals surface area contributed by atoms with E-state index in [0.29, 0.717) is 6.42 Å². The van der Waals surface area contributed by atoms with E-state index in [1.54, 1.807) is 0 Å². The van der Waals surface area contributed by atoms with Gasteiger partial charge in [0.2, 0.25) is 0 Å². The van der Waals surface area contributed by atoms with Crippen molar-refractivity contribution in [2.75, 3.05) is 27.2 Å². The molecule has 0 aromatic carbocycles. The van der Waals surface area contributed by atoms with E-state index in [2.05, 4.69) is 39.8 Å². The Bertz CT molecular complexity index is 580. The maximum Gasteiger partial charge on any atom is 0.309 e. The molecule has 0 N–H and O–H groups in total. The summed E-state index contributed by atoms with van der Waals surface area (Å²) >= 11 is 0. The van der Waals surface area contributed by atoms with Crippen LogP contribution >= 0.6 is 0 Å². The van der Waals surface area contributed by atoms with Crippen molar-refractivity contribution >= 4 is 11.9 Å². The molecule has 0 saturated carbocycles. The Balaban J connectivity index is 4.79. The topological polar surface area (TPSA) is 55.8 Å². The molecule has 41 heavy (non-hydrogen) atoms. The Hall–Kier alpha value is -1.10. The van der Waals surface area contributed by atoms with E-state index in [-0.39, 0.29) is 30.6 Å². The number of esters is 2. The molecule has 0 aromatic rings. The number of carbonyl (C=O) groups is 2. The summed E-state index contributed by atoms with van der Waals surface area (Å²) < 4.78 is 11.8.